The molecule has 0 bridgehead atoms. The van der Waals surface area contributed by atoms with Crippen LogP contribution in [0.1, 0.15) is 52.4 Å². The summed E-state index contributed by atoms with van der Waals surface area (Å²) in [5.74, 6) is 0. The molecule has 0 radical (unpaired) electrons. The van der Waals surface area contributed by atoms with Crippen LogP contribution in [0.3, 0.4) is 0 Å². The third-order valence-corrected chi connectivity index (χ3v) is 3.48. The number of aliphatic hydroxyl groups is 1. The first kappa shape index (κ1) is 14.3. The molecule has 1 atom stereocenters. The van der Waals surface area contributed by atoms with Gasteiger partial charge in [0.2, 0.25) is 0 Å². The van der Waals surface area contributed by atoms with Gasteiger partial charge in [-0.1, -0.05) is 26.7 Å². The first-order chi connectivity index (χ1) is 8.12. The van der Waals surface area contributed by atoms with Gasteiger partial charge in [-0.15, -0.1) is 0 Å². The topological polar surface area (TPSA) is 61.4 Å². The van der Waals surface area contributed by atoms with E-state index in [1.807, 2.05) is 6.92 Å². The maximum Gasteiger partial charge on any atom is 0.314 e. The second-order valence-electron chi connectivity index (χ2n) is 5.26. The molecular formula is C13H26N2O2. The number of carbonyl (C=O) groups excluding carboxylic acids is 1. The van der Waals surface area contributed by atoms with Crippen molar-refractivity contribution in [1.29, 1.82) is 0 Å². The molecule has 1 aliphatic carbocycles. The number of urea groups is 1. The number of rotatable bonds is 8. The van der Waals surface area contributed by atoms with Crippen LogP contribution in [0.15, 0.2) is 0 Å². The van der Waals surface area contributed by atoms with Crippen LogP contribution >= 0.6 is 0 Å². The molecule has 100 valence electrons. The van der Waals surface area contributed by atoms with Gasteiger partial charge < -0.3 is 15.7 Å². The van der Waals surface area contributed by atoms with Crippen molar-refractivity contribution in [2.45, 2.75) is 58.5 Å². The zero-order valence-electron chi connectivity index (χ0n) is 11.1. The lowest BCUT2D eigenvalue weighted by Crippen LogP contribution is -2.41. The normalized spacial score (nSPS) is 18.5. The van der Waals surface area contributed by atoms with Crippen molar-refractivity contribution in [1.82, 2.24) is 10.6 Å². The average molecular weight is 242 g/mol. The van der Waals surface area contributed by atoms with E-state index < -0.39 is 6.10 Å². The van der Waals surface area contributed by atoms with Crippen molar-refractivity contribution in [2.24, 2.45) is 5.41 Å². The molecule has 17 heavy (non-hydrogen) atoms. The molecule has 1 aliphatic rings. The van der Waals surface area contributed by atoms with Crippen LogP contribution in [0.5, 0.6) is 0 Å². The van der Waals surface area contributed by atoms with Crippen LogP contribution in [0.25, 0.3) is 0 Å². The van der Waals surface area contributed by atoms with Crippen LogP contribution in [0.2, 0.25) is 0 Å². The van der Waals surface area contributed by atoms with E-state index in [1.54, 1.807) is 0 Å². The molecule has 0 aromatic heterocycles. The second-order valence-corrected chi connectivity index (χ2v) is 5.26. The Labute approximate surface area is 104 Å². The molecule has 0 aromatic rings. The first-order valence-electron chi connectivity index (χ1n) is 6.81. The van der Waals surface area contributed by atoms with Gasteiger partial charge in [-0.05, 0) is 31.1 Å². The third-order valence-electron chi connectivity index (χ3n) is 3.48. The molecule has 0 heterocycles. The minimum atomic E-state index is -0.420. The van der Waals surface area contributed by atoms with Gasteiger partial charge in [0.1, 0.15) is 0 Å². The summed E-state index contributed by atoms with van der Waals surface area (Å²) in [5, 5.41) is 15.1. The molecular weight excluding hydrogens is 216 g/mol. The summed E-state index contributed by atoms with van der Waals surface area (Å²) in [6.45, 7) is 5.32. The minimum Gasteiger partial charge on any atom is -0.391 e. The molecule has 2 amide bonds. The van der Waals surface area contributed by atoms with E-state index in [4.69, 9.17) is 0 Å². The van der Waals surface area contributed by atoms with Gasteiger partial charge in [0.15, 0.2) is 0 Å². The molecule has 1 fully saturated rings. The molecule has 4 heteroatoms. The molecule has 0 aromatic carbocycles. The summed E-state index contributed by atoms with van der Waals surface area (Å²) in [7, 11) is 0. The lowest BCUT2D eigenvalue weighted by atomic mass is 10.0. The second kappa shape index (κ2) is 6.84. The number of amides is 2. The number of carbonyl (C=O) groups is 1. The largest absolute Gasteiger partial charge is 0.391 e. The zero-order valence-corrected chi connectivity index (χ0v) is 11.1. The fraction of sp³-hybridized carbons (Fsp3) is 0.923. The zero-order chi connectivity index (χ0) is 12.7. The highest BCUT2D eigenvalue weighted by Gasteiger charge is 2.41. The van der Waals surface area contributed by atoms with Crippen molar-refractivity contribution in [2.75, 3.05) is 13.1 Å². The highest BCUT2D eigenvalue weighted by molar-refractivity contribution is 5.73. The van der Waals surface area contributed by atoms with Crippen molar-refractivity contribution in [3.05, 3.63) is 0 Å². The van der Waals surface area contributed by atoms with E-state index in [2.05, 4.69) is 17.6 Å². The van der Waals surface area contributed by atoms with Gasteiger partial charge >= 0.3 is 6.03 Å². The van der Waals surface area contributed by atoms with Crippen molar-refractivity contribution >= 4 is 6.03 Å². The van der Waals surface area contributed by atoms with E-state index in [-0.39, 0.29) is 6.03 Å². The third kappa shape index (κ3) is 5.39. The summed E-state index contributed by atoms with van der Waals surface area (Å²) in [4.78, 5) is 11.5. The fourth-order valence-corrected chi connectivity index (χ4v) is 2.20. The Morgan fingerprint density at radius 1 is 1.29 bits per heavy atom. The quantitative estimate of drug-likeness (QED) is 0.610. The van der Waals surface area contributed by atoms with Crippen LogP contribution < -0.4 is 10.6 Å². The van der Waals surface area contributed by atoms with E-state index in [1.165, 1.54) is 25.7 Å². The van der Waals surface area contributed by atoms with Gasteiger partial charge in [0.25, 0.3) is 0 Å². The predicted molar refractivity (Wildman–Crippen MR) is 68.9 cm³/mol. The van der Waals surface area contributed by atoms with Crippen molar-refractivity contribution < 1.29 is 9.90 Å². The monoisotopic (exact) mass is 242 g/mol. The van der Waals surface area contributed by atoms with Gasteiger partial charge in [0.05, 0.1) is 6.10 Å². The van der Waals surface area contributed by atoms with Gasteiger partial charge in [-0.25, -0.2) is 4.79 Å². The maximum absolute atomic E-state index is 11.5. The molecule has 0 aliphatic heterocycles. The Hall–Kier alpha value is -0.770. The summed E-state index contributed by atoms with van der Waals surface area (Å²) in [6, 6.07) is -0.150. The van der Waals surface area contributed by atoms with Crippen LogP contribution in [0, 0.1) is 5.41 Å². The Balaban J connectivity index is 2.09. The summed E-state index contributed by atoms with van der Waals surface area (Å²) >= 11 is 0. The lowest BCUT2D eigenvalue weighted by molar-refractivity contribution is 0.160. The molecule has 0 saturated heterocycles. The van der Waals surface area contributed by atoms with Crippen LogP contribution in [-0.2, 0) is 0 Å². The van der Waals surface area contributed by atoms with Gasteiger partial charge in [-0.2, -0.15) is 0 Å². The molecule has 1 unspecified atom stereocenters. The summed E-state index contributed by atoms with van der Waals surface area (Å²) in [6.07, 6.45) is 6.10. The first-order valence-corrected chi connectivity index (χ1v) is 6.81. The summed E-state index contributed by atoms with van der Waals surface area (Å²) in [5.41, 5.74) is 0.383. The molecule has 4 nitrogen and oxygen atoms in total. The SMILES string of the molecule is CCCC(O)CNC(=O)NCC1(CCC)CC1. The van der Waals surface area contributed by atoms with E-state index in [9.17, 15) is 9.90 Å². The number of hydrogen-bond donors (Lipinski definition) is 3. The Kier molecular flexibility index (Phi) is 5.75. The lowest BCUT2D eigenvalue weighted by Gasteiger charge is -2.16. The Bertz CT molecular complexity index is 240. The van der Waals surface area contributed by atoms with E-state index >= 15 is 0 Å². The van der Waals surface area contributed by atoms with E-state index in [0.29, 0.717) is 12.0 Å². The predicted octanol–water partition coefficient (Wildman–Crippen LogP) is 2.03. The van der Waals surface area contributed by atoms with Crippen LogP contribution in [-0.4, -0.2) is 30.3 Å². The minimum absolute atomic E-state index is 0.150. The number of nitrogens with one attached hydrogen (secondary N) is 2. The molecule has 0 spiro atoms. The number of hydrogen-bond acceptors (Lipinski definition) is 2. The highest BCUT2D eigenvalue weighted by atomic mass is 16.3. The fourth-order valence-electron chi connectivity index (χ4n) is 2.20. The standard InChI is InChI=1S/C13H26N2O2/c1-3-5-11(16)9-14-12(17)15-10-13(6-4-2)7-8-13/h11,16H,3-10H2,1-2H3,(H2,14,15,17). The molecule has 1 rings (SSSR count). The van der Waals surface area contributed by atoms with E-state index in [0.717, 1.165) is 19.4 Å². The van der Waals surface area contributed by atoms with Crippen LogP contribution in [0.4, 0.5) is 4.79 Å². The molecule has 1 saturated carbocycles. The number of aliphatic hydroxyl groups excluding tert-OH is 1. The smallest absolute Gasteiger partial charge is 0.314 e. The Morgan fingerprint density at radius 3 is 2.53 bits per heavy atom. The van der Waals surface area contributed by atoms with Crippen molar-refractivity contribution in [3.63, 3.8) is 0 Å². The average Bonchev–Trinajstić information content (AvgIpc) is 3.05. The molecule has 3 N–H and O–H groups in total. The maximum atomic E-state index is 11.5. The van der Waals surface area contributed by atoms with Gasteiger partial charge in [0, 0.05) is 13.1 Å². The Morgan fingerprint density at radius 2 is 2.00 bits per heavy atom. The summed E-state index contributed by atoms with van der Waals surface area (Å²) < 4.78 is 0. The van der Waals surface area contributed by atoms with Crippen molar-refractivity contribution in [3.8, 4) is 0 Å². The highest BCUT2D eigenvalue weighted by Crippen LogP contribution is 2.48. The van der Waals surface area contributed by atoms with Gasteiger partial charge in [-0.3, -0.25) is 0 Å².